The molecule has 1 nitrogen and oxygen atoms in total. The number of hydrogen-bond acceptors (Lipinski definition) is 2. The molecule has 12 aromatic rings. The van der Waals surface area contributed by atoms with E-state index in [-0.39, 0.29) is 0 Å². The molecule has 0 saturated heterocycles. The topological polar surface area (TPSA) is 12.9 Å². The minimum atomic E-state index is -0.539. The molecule has 14 rings (SSSR count). The number of pyridine rings is 1. The average molecular weight is 776 g/mol. The molecule has 0 bridgehead atoms. The molecule has 2 aromatic heterocycles. The molecule has 60 heavy (non-hydrogen) atoms. The average Bonchev–Trinajstić information content (AvgIpc) is 3.93. The van der Waals surface area contributed by atoms with Gasteiger partial charge in [0.05, 0.1) is 11.1 Å². The van der Waals surface area contributed by atoms with Crippen LogP contribution in [0.5, 0.6) is 0 Å². The highest BCUT2D eigenvalue weighted by atomic mass is 32.1. The number of aromatic nitrogens is 1. The van der Waals surface area contributed by atoms with Gasteiger partial charge in [-0.2, -0.15) is 0 Å². The normalized spacial score (nSPS) is 15.1. The Morgan fingerprint density at radius 1 is 0.350 bits per heavy atom. The van der Waals surface area contributed by atoms with E-state index in [0.717, 1.165) is 5.69 Å². The zero-order chi connectivity index (χ0) is 39.1. The van der Waals surface area contributed by atoms with Gasteiger partial charge in [0.2, 0.25) is 0 Å². The molecular weight excluding hydrogens is 743 g/mol. The fourth-order valence-electron chi connectivity index (χ4n) is 11.4. The highest BCUT2D eigenvalue weighted by molar-refractivity contribution is 7.26. The van der Waals surface area contributed by atoms with Gasteiger partial charge < -0.3 is 0 Å². The molecule has 2 heteroatoms. The second kappa shape index (κ2) is 11.9. The summed E-state index contributed by atoms with van der Waals surface area (Å²) in [5, 5.41) is 12.8. The van der Waals surface area contributed by atoms with Crippen LogP contribution in [0.3, 0.4) is 0 Å². The smallest absolute Gasteiger partial charge is 0.0753 e. The number of hydrogen-bond donors (Lipinski definition) is 0. The molecule has 2 heterocycles. The SMILES string of the molecule is c1ccc2c(c1)-c1cc3sc4ccc5ccccc5c4c3cc1C21c2cc(-c3c4ccccc4c(-c4cccc5ccccc45)c4ccccc34)ccc2-c2ncccc21. The summed E-state index contributed by atoms with van der Waals surface area (Å²) in [6.07, 6.45) is 1.96. The summed E-state index contributed by atoms with van der Waals surface area (Å²) >= 11 is 1.91. The van der Waals surface area contributed by atoms with Crippen LogP contribution in [0.25, 0.3) is 108 Å². The van der Waals surface area contributed by atoms with E-state index in [9.17, 15) is 0 Å². The highest BCUT2D eigenvalue weighted by Crippen LogP contribution is 2.64. The van der Waals surface area contributed by atoms with Crippen molar-refractivity contribution in [3.63, 3.8) is 0 Å². The first-order valence-corrected chi connectivity index (χ1v) is 21.6. The Balaban J connectivity index is 1.09. The maximum absolute atomic E-state index is 5.18. The van der Waals surface area contributed by atoms with E-state index in [1.54, 1.807) is 0 Å². The molecule has 10 aromatic carbocycles. The lowest BCUT2D eigenvalue weighted by Gasteiger charge is -2.30. The first-order chi connectivity index (χ1) is 29.8. The van der Waals surface area contributed by atoms with Gasteiger partial charge in [0, 0.05) is 31.9 Å². The molecule has 1 spiro atoms. The van der Waals surface area contributed by atoms with E-state index in [1.165, 1.54) is 124 Å². The van der Waals surface area contributed by atoms with Crippen molar-refractivity contribution in [2.24, 2.45) is 0 Å². The summed E-state index contributed by atoms with van der Waals surface area (Å²) in [6.45, 7) is 0. The van der Waals surface area contributed by atoms with Gasteiger partial charge in [-0.25, -0.2) is 0 Å². The molecule has 0 radical (unpaired) electrons. The van der Waals surface area contributed by atoms with E-state index in [4.69, 9.17) is 4.98 Å². The van der Waals surface area contributed by atoms with Gasteiger partial charge in [-0.3, -0.25) is 4.98 Å². The molecule has 0 aliphatic heterocycles. The second-order valence-corrected chi connectivity index (χ2v) is 17.6. The van der Waals surface area contributed by atoms with Gasteiger partial charge in [-0.05, 0) is 129 Å². The van der Waals surface area contributed by atoms with Crippen molar-refractivity contribution in [2.75, 3.05) is 0 Å². The van der Waals surface area contributed by atoms with Crippen LogP contribution in [0.2, 0.25) is 0 Å². The fraction of sp³-hybridized carbons (Fsp3) is 0.0172. The van der Waals surface area contributed by atoms with Crippen LogP contribution in [0.15, 0.2) is 200 Å². The summed E-state index contributed by atoms with van der Waals surface area (Å²) in [5.41, 5.74) is 14.6. The second-order valence-electron chi connectivity index (χ2n) is 16.5. The predicted octanol–water partition coefficient (Wildman–Crippen LogP) is 15.7. The van der Waals surface area contributed by atoms with Crippen molar-refractivity contribution >= 4 is 74.6 Å². The quantitative estimate of drug-likeness (QED) is 0.159. The molecule has 2 aliphatic carbocycles. The highest BCUT2D eigenvalue weighted by Gasteiger charge is 2.52. The summed E-state index contributed by atoms with van der Waals surface area (Å²) in [7, 11) is 0. The van der Waals surface area contributed by atoms with Crippen LogP contribution in [0.1, 0.15) is 22.3 Å². The van der Waals surface area contributed by atoms with Crippen molar-refractivity contribution in [3.8, 4) is 44.6 Å². The van der Waals surface area contributed by atoms with Gasteiger partial charge in [-0.1, -0.05) is 164 Å². The maximum atomic E-state index is 5.18. The van der Waals surface area contributed by atoms with Gasteiger partial charge in [-0.15, -0.1) is 11.3 Å². The van der Waals surface area contributed by atoms with Crippen LogP contribution in [0.4, 0.5) is 0 Å². The third-order valence-electron chi connectivity index (χ3n) is 13.7. The summed E-state index contributed by atoms with van der Waals surface area (Å²) in [5.74, 6) is 0. The Hall–Kier alpha value is -7.39. The van der Waals surface area contributed by atoms with E-state index >= 15 is 0 Å². The standard InChI is InChI=1S/C58H33NS/c1-3-16-37-34(13-1)15-11-23-40(37)55-43-21-7-5-19-41(43)54(42-20-6-8-22-44(42)55)36-26-28-45-50(31-36)58(49-25-12-30-59-57(45)49)48-24-10-9-18-39(48)46-33-53-47(32-51(46)58)56-38-17-4-2-14-35(38)27-29-52(56)60-53/h1-33H. The van der Waals surface area contributed by atoms with Gasteiger partial charge in [0.25, 0.3) is 0 Å². The molecule has 0 amide bonds. The van der Waals surface area contributed by atoms with E-state index in [2.05, 4.69) is 194 Å². The number of thiophene rings is 1. The lowest BCUT2D eigenvalue weighted by molar-refractivity contribution is 0.793. The zero-order valence-electron chi connectivity index (χ0n) is 32.4. The zero-order valence-corrected chi connectivity index (χ0v) is 33.2. The third kappa shape index (κ3) is 4.09. The summed E-state index contributed by atoms with van der Waals surface area (Å²) < 4.78 is 2.66. The molecule has 0 saturated carbocycles. The first kappa shape index (κ1) is 32.6. The molecule has 0 N–H and O–H groups in total. The van der Waals surface area contributed by atoms with Gasteiger partial charge in [0.15, 0.2) is 0 Å². The molecule has 276 valence electrons. The van der Waals surface area contributed by atoms with Crippen molar-refractivity contribution < 1.29 is 0 Å². The molecular formula is C58H33NS. The Morgan fingerprint density at radius 3 is 1.77 bits per heavy atom. The monoisotopic (exact) mass is 775 g/mol. The van der Waals surface area contributed by atoms with E-state index < -0.39 is 5.41 Å². The lowest BCUT2D eigenvalue weighted by Crippen LogP contribution is -2.26. The van der Waals surface area contributed by atoms with Crippen molar-refractivity contribution in [3.05, 3.63) is 223 Å². The Morgan fingerprint density at radius 2 is 0.967 bits per heavy atom. The molecule has 2 aliphatic rings. The minimum Gasteiger partial charge on any atom is -0.256 e. The Kier molecular flexibility index (Phi) is 6.43. The minimum absolute atomic E-state index is 0.539. The van der Waals surface area contributed by atoms with Crippen LogP contribution < -0.4 is 0 Å². The van der Waals surface area contributed by atoms with Gasteiger partial charge in [0.1, 0.15) is 0 Å². The predicted molar refractivity (Wildman–Crippen MR) is 254 cm³/mol. The molecule has 0 fully saturated rings. The van der Waals surface area contributed by atoms with Crippen molar-refractivity contribution in [1.29, 1.82) is 0 Å². The fourth-order valence-corrected chi connectivity index (χ4v) is 12.5. The van der Waals surface area contributed by atoms with Crippen molar-refractivity contribution in [1.82, 2.24) is 4.98 Å². The molecule has 1 atom stereocenters. The number of rotatable bonds is 2. The van der Waals surface area contributed by atoms with E-state index in [0.29, 0.717) is 0 Å². The number of fused-ring (bicyclic) bond motifs is 18. The summed E-state index contributed by atoms with van der Waals surface area (Å²) in [4.78, 5) is 5.18. The summed E-state index contributed by atoms with van der Waals surface area (Å²) in [6, 6.07) is 72.9. The Bertz CT molecular complexity index is 3790. The molecule has 1 unspecified atom stereocenters. The van der Waals surface area contributed by atoms with Crippen LogP contribution in [-0.2, 0) is 5.41 Å². The Labute approximate surface area is 350 Å². The third-order valence-corrected chi connectivity index (χ3v) is 14.8. The largest absolute Gasteiger partial charge is 0.256 e. The van der Waals surface area contributed by atoms with Crippen molar-refractivity contribution in [2.45, 2.75) is 5.41 Å². The van der Waals surface area contributed by atoms with E-state index in [1.807, 2.05) is 17.5 Å². The lowest BCUT2D eigenvalue weighted by atomic mass is 9.70. The van der Waals surface area contributed by atoms with Crippen LogP contribution >= 0.6 is 11.3 Å². The number of benzene rings is 10. The van der Waals surface area contributed by atoms with Crippen LogP contribution in [-0.4, -0.2) is 4.98 Å². The number of nitrogens with zero attached hydrogens (tertiary/aromatic N) is 1. The van der Waals surface area contributed by atoms with Gasteiger partial charge >= 0.3 is 0 Å². The maximum Gasteiger partial charge on any atom is 0.0753 e. The van der Waals surface area contributed by atoms with Crippen LogP contribution in [0, 0.1) is 0 Å². The first-order valence-electron chi connectivity index (χ1n) is 20.8.